The molecule has 0 amide bonds. The van der Waals surface area contributed by atoms with E-state index in [9.17, 15) is 0 Å². The highest BCUT2D eigenvalue weighted by molar-refractivity contribution is 6.65. The van der Waals surface area contributed by atoms with Crippen LogP contribution in [0.1, 0.15) is 6.42 Å². The summed E-state index contributed by atoms with van der Waals surface area (Å²) in [6.45, 7) is 0. The molecule has 17 heavy (non-hydrogen) atoms. The van der Waals surface area contributed by atoms with Gasteiger partial charge in [0.2, 0.25) is 0 Å². The van der Waals surface area contributed by atoms with E-state index >= 15 is 0 Å². The van der Waals surface area contributed by atoms with Crippen molar-refractivity contribution in [1.82, 2.24) is 0 Å². The zero-order valence-electron chi connectivity index (χ0n) is 8.19. The molecule has 1 heterocycles. The Labute approximate surface area is 128 Å². The lowest BCUT2D eigenvalue weighted by molar-refractivity contribution is 0.200. The van der Waals surface area contributed by atoms with Gasteiger partial charge in [-0.05, 0) is 12.3 Å². The third-order valence-corrected chi connectivity index (χ3v) is 8.93. The second-order valence-electron chi connectivity index (χ2n) is 5.13. The number of epoxide rings is 1. The zero-order valence-corrected chi connectivity index (χ0v) is 12.7. The van der Waals surface area contributed by atoms with E-state index in [2.05, 4.69) is 0 Å². The Morgan fingerprint density at radius 1 is 1.00 bits per heavy atom. The molecule has 0 aromatic heterocycles. The van der Waals surface area contributed by atoms with E-state index < -0.39 is 14.1 Å². The number of halogens is 6. The Balaban J connectivity index is 2.00. The molecule has 3 aliphatic carbocycles. The highest BCUT2D eigenvalue weighted by Crippen LogP contribution is 2.80. The summed E-state index contributed by atoms with van der Waals surface area (Å²) < 4.78 is 4.12. The fraction of sp³-hybridized carbons (Fsp3) is 0.800. The Bertz CT molecular complexity index is 475. The molecule has 6 atom stereocenters. The van der Waals surface area contributed by atoms with E-state index in [1.54, 1.807) is 0 Å². The minimum Gasteiger partial charge on any atom is -0.369 e. The summed E-state index contributed by atoms with van der Waals surface area (Å²) in [7, 11) is 0. The summed E-state index contributed by atoms with van der Waals surface area (Å²) >= 11 is 38.6. The monoisotopic (exact) mass is 352 g/mol. The van der Waals surface area contributed by atoms with E-state index in [0.29, 0.717) is 5.03 Å². The van der Waals surface area contributed by atoms with Crippen molar-refractivity contribution in [2.45, 2.75) is 32.7 Å². The SMILES string of the molecule is ClC1=C(Cl)[C@]2(Cl)[C@@H]3C[C@@H]4O[C@H]4[C@@H]3[C@@]1(Cl)C2(Cl)Cl. The summed E-state index contributed by atoms with van der Waals surface area (Å²) in [5.74, 6) is -0.0351. The number of hydrogen-bond donors (Lipinski definition) is 0. The molecular weight excluding hydrogens is 349 g/mol. The second-order valence-corrected chi connectivity index (χ2v) is 8.41. The fourth-order valence-corrected chi connectivity index (χ4v) is 6.90. The second kappa shape index (κ2) is 3.03. The van der Waals surface area contributed by atoms with Gasteiger partial charge in [-0.2, -0.15) is 0 Å². The minimum absolute atomic E-state index is 0.0235. The normalized spacial score (nSPS) is 61.8. The molecule has 3 fully saturated rings. The van der Waals surface area contributed by atoms with Crippen LogP contribution >= 0.6 is 69.6 Å². The van der Waals surface area contributed by atoms with Crippen LogP contribution in [0.15, 0.2) is 10.1 Å². The predicted octanol–water partition coefficient (Wildman–Crippen LogP) is 4.24. The van der Waals surface area contributed by atoms with E-state index in [4.69, 9.17) is 74.3 Å². The average molecular weight is 355 g/mol. The molecule has 0 unspecified atom stereocenters. The van der Waals surface area contributed by atoms with Crippen molar-refractivity contribution < 1.29 is 4.74 Å². The van der Waals surface area contributed by atoms with Crippen LogP contribution in [0.3, 0.4) is 0 Å². The van der Waals surface area contributed by atoms with Gasteiger partial charge in [0.25, 0.3) is 0 Å². The van der Waals surface area contributed by atoms with Crippen LogP contribution in [0.5, 0.6) is 0 Å². The van der Waals surface area contributed by atoms with Crippen molar-refractivity contribution in [3.63, 3.8) is 0 Å². The molecule has 4 aliphatic rings. The van der Waals surface area contributed by atoms with Crippen molar-refractivity contribution >= 4 is 69.6 Å². The first-order valence-corrected chi connectivity index (χ1v) is 7.52. The fourth-order valence-electron chi connectivity index (χ4n) is 3.81. The topological polar surface area (TPSA) is 12.5 Å². The van der Waals surface area contributed by atoms with Gasteiger partial charge in [0, 0.05) is 5.92 Å². The van der Waals surface area contributed by atoms with E-state index in [-0.39, 0.29) is 29.1 Å². The van der Waals surface area contributed by atoms with Crippen LogP contribution in [0.2, 0.25) is 0 Å². The van der Waals surface area contributed by atoms with Crippen molar-refractivity contribution in [2.75, 3.05) is 0 Å². The highest BCUT2D eigenvalue weighted by atomic mass is 35.5. The first-order chi connectivity index (χ1) is 7.78. The average Bonchev–Trinajstić information content (AvgIpc) is 2.88. The molecule has 0 radical (unpaired) electrons. The molecule has 94 valence electrons. The van der Waals surface area contributed by atoms with Gasteiger partial charge in [-0.15, -0.1) is 23.2 Å². The number of alkyl halides is 4. The smallest absolute Gasteiger partial charge is 0.166 e. The molecule has 2 saturated carbocycles. The van der Waals surface area contributed by atoms with Crippen LogP contribution in [0, 0.1) is 11.8 Å². The molecule has 1 saturated heterocycles. The molecule has 7 heteroatoms. The van der Waals surface area contributed by atoms with Crippen molar-refractivity contribution in [3.8, 4) is 0 Å². The summed E-state index contributed by atoms with van der Waals surface area (Å²) in [4.78, 5) is -2.21. The van der Waals surface area contributed by atoms with Crippen molar-refractivity contribution in [2.24, 2.45) is 11.8 Å². The number of ether oxygens (including phenoxy) is 1. The van der Waals surface area contributed by atoms with Gasteiger partial charge in [-0.1, -0.05) is 46.4 Å². The standard InChI is InChI=1S/C10H6Cl6O/c11-6-7(12)9(14)4-2(1-3-5(4)17-3)8(6,13)10(9,15)16/h2-5H,1H2/t2-,3+,4-,5-,8-,9+/m1/s1. The van der Waals surface area contributed by atoms with Crippen LogP contribution in [0.25, 0.3) is 0 Å². The number of hydrogen-bond acceptors (Lipinski definition) is 1. The van der Waals surface area contributed by atoms with Gasteiger partial charge >= 0.3 is 0 Å². The quantitative estimate of drug-likeness (QED) is 0.468. The summed E-state index contributed by atoms with van der Waals surface area (Å²) in [5.41, 5.74) is 0. The molecule has 4 rings (SSSR count). The molecule has 2 bridgehead atoms. The predicted molar refractivity (Wildman–Crippen MR) is 70.6 cm³/mol. The number of rotatable bonds is 0. The van der Waals surface area contributed by atoms with Crippen molar-refractivity contribution in [3.05, 3.63) is 10.1 Å². The first kappa shape index (κ1) is 12.2. The minimum atomic E-state index is -1.40. The molecule has 1 aliphatic heterocycles. The van der Waals surface area contributed by atoms with E-state index in [0.717, 1.165) is 6.42 Å². The Hall–Kier alpha value is 1.44. The largest absolute Gasteiger partial charge is 0.369 e. The van der Waals surface area contributed by atoms with Gasteiger partial charge in [0.05, 0.1) is 22.3 Å². The molecular formula is C10H6Cl6O. The summed E-state index contributed by atoms with van der Waals surface area (Å²) in [6, 6.07) is 0. The molecule has 0 N–H and O–H groups in total. The van der Waals surface area contributed by atoms with Gasteiger partial charge in [-0.25, -0.2) is 0 Å². The van der Waals surface area contributed by atoms with Crippen LogP contribution < -0.4 is 0 Å². The van der Waals surface area contributed by atoms with Gasteiger partial charge in [0.15, 0.2) is 4.33 Å². The lowest BCUT2D eigenvalue weighted by atomic mass is 9.84. The maximum Gasteiger partial charge on any atom is 0.166 e. The lowest BCUT2D eigenvalue weighted by Crippen LogP contribution is -2.45. The lowest BCUT2D eigenvalue weighted by Gasteiger charge is -2.33. The summed E-state index contributed by atoms with van der Waals surface area (Å²) in [6.07, 6.45) is 1.06. The maximum atomic E-state index is 6.64. The zero-order chi connectivity index (χ0) is 12.4. The maximum absolute atomic E-state index is 6.64. The van der Waals surface area contributed by atoms with Crippen LogP contribution in [-0.4, -0.2) is 26.3 Å². The Morgan fingerprint density at radius 2 is 1.59 bits per heavy atom. The number of fused-ring (bicyclic) bond motifs is 7. The molecule has 0 aromatic carbocycles. The first-order valence-electron chi connectivity index (χ1n) is 5.25. The molecule has 0 spiro atoms. The van der Waals surface area contributed by atoms with E-state index in [1.165, 1.54) is 0 Å². The number of allylic oxidation sites excluding steroid dienone is 2. The molecule has 1 nitrogen and oxygen atoms in total. The van der Waals surface area contributed by atoms with Gasteiger partial charge in [-0.3, -0.25) is 0 Å². The van der Waals surface area contributed by atoms with Crippen LogP contribution in [-0.2, 0) is 4.74 Å². The van der Waals surface area contributed by atoms with Gasteiger partial charge in [0.1, 0.15) is 9.75 Å². The Kier molecular flexibility index (Phi) is 2.17. The Morgan fingerprint density at radius 3 is 2.24 bits per heavy atom. The summed E-state index contributed by atoms with van der Waals surface area (Å²) in [5, 5.41) is 0.571. The van der Waals surface area contributed by atoms with Gasteiger partial charge < -0.3 is 4.74 Å². The third kappa shape index (κ3) is 0.971. The highest BCUT2D eigenvalue weighted by Gasteiger charge is 2.87. The third-order valence-electron chi connectivity index (χ3n) is 4.61. The molecule has 0 aromatic rings. The van der Waals surface area contributed by atoms with Crippen LogP contribution in [0.4, 0.5) is 0 Å². The van der Waals surface area contributed by atoms with E-state index in [1.807, 2.05) is 0 Å². The van der Waals surface area contributed by atoms with Crippen molar-refractivity contribution in [1.29, 1.82) is 0 Å².